The predicted molar refractivity (Wildman–Crippen MR) is 68.0 cm³/mol. The highest BCUT2D eigenvalue weighted by atomic mass is 15.2. The van der Waals surface area contributed by atoms with Crippen molar-refractivity contribution in [2.45, 2.75) is 33.2 Å². The van der Waals surface area contributed by atoms with Gasteiger partial charge < -0.3 is 10.6 Å². The van der Waals surface area contributed by atoms with Crippen LogP contribution in [0.4, 0.5) is 5.69 Å². The van der Waals surface area contributed by atoms with Gasteiger partial charge >= 0.3 is 0 Å². The third-order valence-corrected chi connectivity index (χ3v) is 2.81. The topological polar surface area (TPSA) is 66.0 Å². The Balaban J connectivity index is 3.14. The van der Waals surface area contributed by atoms with Crippen LogP contribution < -0.4 is 10.6 Å². The largest absolute Gasteiger partial charge is 0.382 e. The van der Waals surface area contributed by atoms with E-state index in [0.29, 0.717) is 11.7 Å². The van der Waals surface area contributed by atoms with Crippen LogP contribution in [-0.4, -0.2) is 23.4 Å². The summed E-state index contributed by atoms with van der Waals surface area (Å²) in [5.41, 5.74) is 7.07. The summed E-state index contributed by atoms with van der Waals surface area (Å²) >= 11 is 0. The molecule has 1 heterocycles. The average Bonchev–Trinajstić information content (AvgIpc) is 2.30. The summed E-state index contributed by atoms with van der Waals surface area (Å²) in [6.45, 7) is 7.31. The van der Waals surface area contributed by atoms with Crippen molar-refractivity contribution in [2.24, 2.45) is 5.73 Å². The number of nitrogen functional groups attached to an aromatic ring is 1. The molecule has 4 nitrogen and oxygen atoms in total. The molecule has 0 aliphatic rings. The lowest BCUT2D eigenvalue weighted by Gasteiger charge is -2.30. The monoisotopic (exact) mass is 220 g/mol. The van der Waals surface area contributed by atoms with Crippen molar-refractivity contribution in [3.63, 3.8) is 0 Å². The molecule has 1 atom stereocenters. The number of rotatable bonds is 5. The van der Waals surface area contributed by atoms with Gasteiger partial charge in [-0.2, -0.15) is 0 Å². The van der Waals surface area contributed by atoms with Crippen LogP contribution in [0.3, 0.4) is 0 Å². The standard InChI is InChI=1S/C12H20N4/c1-4-9(3)16(5-2)10-7-6-8-15-11(10)12(13)14/h6-9H,4-5H2,1-3H3,(H3,13,14). The van der Waals surface area contributed by atoms with E-state index in [0.717, 1.165) is 18.7 Å². The van der Waals surface area contributed by atoms with Gasteiger partial charge in [0, 0.05) is 18.8 Å². The molecule has 1 rings (SSSR count). The number of nitrogens with zero attached hydrogens (tertiary/aromatic N) is 2. The smallest absolute Gasteiger partial charge is 0.143 e. The zero-order valence-corrected chi connectivity index (χ0v) is 10.2. The molecule has 0 spiro atoms. The summed E-state index contributed by atoms with van der Waals surface area (Å²) in [5, 5.41) is 7.53. The number of nitrogens with one attached hydrogen (secondary N) is 1. The Labute approximate surface area is 97.0 Å². The minimum absolute atomic E-state index is 0.0253. The molecule has 0 radical (unpaired) electrons. The highest BCUT2D eigenvalue weighted by molar-refractivity contribution is 5.98. The highest BCUT2D eigenvalue weighted by Gasteiger charge is 2.16. The van der Waals surface area contributed by atoms with Crippen LogP contribution in [0, 0.1) is 5.41 Å². The maximum Gasteiger partial charge on any atom is 0.143 e. The van der Waals surface area contributed by atoms with Gasteiger partial charge in [-0.15, -0.1) is 0 Å². The number of hydrogen-bond acceptors (Lipinski definition) is 3. The molecule has 0 aromatic carbocycles. The second-order valence-corrected chi connectivity index (χ2v) is 3.83. The molecule has 3 N–H and O–H groups in total. The van der Waals surface area contributed by atoms with Gasteiger partial charge in [0.2, 0.25) is 0 Å². The molecule has 0 aliphatic carbocycles. The number of pyridine rings is 1. The average molecular weight is 220 g/mol. The second kappa shape index (κ2) is 5.49. The van der Waals surface area contributed by atoms with Gasteiger partial charge in [0.05, 0.1) is 5.69 Å². The molecule has 16 heavy (non-hydrogen) atoms. The van der Waals surface area contributed by atoms with Gasteiger partial charge in [-0.3, -0.25) is 10.4 Å². The normalized spacial score (nSPS) is 12.2. The Kier molecular flexibility index (Phi) is 4.28. The van der Waals surface area contributed by atoms with E-state index in [1.807, 2.05) is 12.1 Å². The van der Waals surface area contributed by atoms with Crippen molar-refractivity contribution in [1.29, 1.82) is 5.41 Å². The predicted octanol–water partition coefficient (Wildman–Crippen LogP) is 1.99. The molecule has 1 aromatic rings. The molecular weight excluding hydrogens is 200 g/mol. The molecule has 0 bridgehead atoms. The van der Waals surface area contributed by atoms with E-state index in [-0.39, 0.29) is 5.84 Å². The summed E-state index contributed by atoms with van der Waals surface area (Å²) in [4.78, 5) is 6.40. The van der Waals surface area contributed by atoms with E-state index in [1.54, 1.807) is 6.20 Å². The number of hydrogen-bond donors (Lipinski definition) is 2. The minimum atomic E-state index is 0.0253. The zero-order chi connectivity index (χ0) is 12.1. The summed E-state index contributed by atoms with van der Waals surface area (Å²) in [5.74, 6) is 0.0253. The Hall–Kier alpha value is -1.58. The molecular formula is C12H20N4. The molecule has 1 unspecified atom stereocenters. The van der Waals surface area contributed by atoms with Crippen molar-refractivity contribution in [3.05, 3.63) is 24.0 Å². The van der Waals surface area contributed by atoms with Crippen molar-refractivity contribution in [1.82, 2.24) is 4.98 Å². The molecule has 0 aliphatic heterocycles. The molecule has 0 saturated heterocycles. The van der Waals surface area contributed by atoms with Crippen LogP contribution in [0.5, 0.6) is 0 Å². The van der Waals surface area contributed by atoms with Crippen LogP contribution in [0.25, 0.3) is 0 Å². The van der Waals surface area contributed by atoms with Crippen LogP contribution in [0.15, 0.2) is 18.3 Å². The lowest BCUT2D eigenvalue weighted by atomic mass is 10.1. The van der Waals surface area contributed by atoms with Gasteiger partial charge in [0.15, 0.2) is 0 Å². The molecule has 0 saturated carbocycles. The lowest BCUT2D eigenvalue weighted by molar-refractivity contribution is 0.628. The van der Waals surface area contributed by atoms with Crippen LogP contribution in [0.1, 0.15) is 32.9 Å². The van der Waals surface area contributed by atoms with Gasteiger partial charge in [0.1, 0.15) is 11.5 Å². The maximum atomic E-state index is 7.53. The Morgan fingerprint density at radius 3 is 2.75 bits per heavy atom. The van der Waals surface area contributed by atoms with Crippen molar-refractivity contribution in [3.8, 4) is 0 Å². The van der Waals surface area contributed by atoms with E-state index in [1.165, 1.54) is 0 Å². The SMILES string of the molecule is CCC(C)N(CC)c1cccnc1C(=N)N. The minimum Gasteiger partial charge on any atom is -0.382 e. The fraction of sp³-hybridized carbons (Fsp3) is 0.500. The van der Waals surface area contributed by atoms with E-state index in [4.69, 9.17) is 11.1 Å². The van der Waals surface area contributed by atoms with E-state index in [2.05, 4.69) is 30.7 Å². The first-order valence-electron chi connectivity index (χ1n) is 5.67. The van der Waals surface area contributed by atoms with Gasteiger partial charge in [-0.1, -0.05) is 6.92 Å². The number of amidine groups is 1. The van der Waals surface area contributed by atoms with Crippen molar-refractivity contribution < 1.29 is 0 Å². The molecule has 1 aromatic heterocycles. The summed E-state index contributed by atoms with van der Waals surface area (Å²) in [7, 11) is 0. The van der Waals surface area contributed by atoms with E-state index < -0.39 is 0 Å². The number of nitrogens with two attached hydrogens (primary N) is 1. The highest BCUT2D eigenvalue weighted by Crippen LogP contribution is 2.21. The fourth-order valence-electron chi connectivity index (χ4n) is 1.78. The van der Waals surface area contributed by atoms with Gasteiger partial charge in [0.25, 0.3) is 0 Å². The lowest BCUT2D eigenvalue weighted by Crippen LogP contribution is -2.34. The second-order valence-electron chi connectivity index (χ2n) is 3.83. The van der Waals surface area contributed by atoms with Crippen molar-refractivity contribution in [2.75, 3.05) is 11.4 Å². The van der Waals surface area contributed by atoms with E-state index >= 15 is 0 Å². The quantitative estimate of drug-likeness (QED) is 0.589. The third kappa shape index (κ3) is 2.51. The first kappa shape index (κ1) is 12.5. The molecule has 0 fully saturated rings. The van der Waals surface area contributed by atoms with Gasteiger partial charge in [-0.05, 0) is 32.4 Å². The van der Waals surface area contributed by atoms with Crippen molar-refractivity contribution >= 4 is 11.5 Å². The zero-order valence-electron chi connectivity index (χ0n) is 10.2. The summed E-state index contributed by atoms with van der Waals surface area (Å²) in [6.07, 6.45) is 2.73. The molecule has 0 amide bonds. The first-order chi connectivity index (χ1) is 7.61. The molecule has 4 heteroatoms. The van der Waals surface area contributed by atoms with Crippen LogP contribution >= 0.6 is 0 Å². The Bertz CT molecular complexity index is 362. The maximum absolute atomic E-state index is 7.53. The van der Waals surface area contributed by atoms with Crippen LogP contribution in [0.2, 0.25) is 0 Å². The third-order valence-electron chi connectivity index (χ3n) is 2.81. The number of anilines is 1. The Morgan fingerprint density at radius 2 is 2.25 bits per heavy atom. The summed E-state index contributed by atoms with van der Waals surface area (Å²) in [6, 6.07) is 4.28. The Morgan fingerprint density at radius 1 is 1.56 bits per heavy atom. The first-order valence-corrected chi connectivity index (χ1v) is 5.67. The van der Waals surface area contributed by atoms with Crippen LogP contribution in [-0.2, 0) is 0 Å². The van der Waals surface area contributed by atoms with E-state index in [9.17, 15) is 0 Å². The fourth-order valence-corrected chi connectivity index (χ4v) is 1.78. The van der Waals surface area contributed by atoms with Gasteiger partial charge in [-0.25, -0.2) is 0 Å². The summed E-state index contributed by atoms with van der Waals surface area (Å²) < 4.78 is 0. The molecule has 88 valence electrons. The number of aromatic nitrogens is 1.